The van der Waals surface area contributed by atoms with Gasteiger partial charge in [-0.2, -0.15) is 13.2 Å². The molecule has 0 aliphatic heterocycles. The van der Waals surface area contributed by atoms with Gasteiger partial charge in [0.1, 0.15) is 6.04 Å². The van der Waals surface area contributed by atoms with Gasteiger partial charge in [-0.25, -0.2) is 0 Å². The van der Waals surface area contributed by atoms with Gasteiger partial charge in [0.25, 0.3) is 0 Å². The number of alkyl halides is 3. The Bertz CT molecular complexity index is 298. The van der Waals surface area contributed by atoms with Gasteiger partial charge < -0.3 is 5.73 Å². The largest absolute Gasteiger partial charge is 0.407 e. The summed E-state index contributed by atoms with van der Waals surface area (Å²) in [6.45, 7) is 0. The van der Waals surface area contributed by atoms with Crippen LogP contribution in [0.3, 0.4) is 0 Å². The molecule has 0 aliphatic carbocycles. The van der Waals surface area contributed by atoms with Crippen LogP contribution in [-0.2, 0) is 0 Å². The SMILES string of the molecule is N[C@@H](c1cccc(Br)c1)C(F)(F)F. The summed E-state index contributed by atoms with van der Waals surface area (Å²) in [7, 11) is 0. The second-order valence-electron chi connectivity index (χ2n) is 2.57. The van der Waals surface area contributed by atoms with E-state index in [4.69, 9.17) is 5.73 Å². The minimum Gasteiger partial charge on any atom is -0.316 e. The van der Waals surface area contributed by atoms with E-state index in [1.807, 2.05) is 0 Å². The average Bonchev–Trinajstić information content (AvgIpc) is 2.01. The fourth-order valence-electron chi connectivity index (χ4n) is 0.889. The zero-order valence-electron chi connectivity index (χ0n) is 6.48. The molecule has 0 spiro atoms. The van der Waals surface area contributed by atoms with Crippen molar-refractivity contribution in [3.05, 3.63) is 34.3 Å². The van der Waals surface area contributed by atoms with Crippen LogP contribution in [0.2, 0.25) is 0 Å². The topological polar surface area (TPSA) is 26.0 Å². The number of rotatable bonds is 1. The third-order valence-corrected chi connectivity index (χ3v) is 2.05. The van der Waals surface area contributed by atoms with Crippen molar-refractivity contribution in [1.82, 2.24) is 0 Å². The third kappa shape index (κ3) is 2.70. The van der Waals surface area contributed by atoms with Gasteiger partial charge in [-0.15, -0.1) is 0 Å². The Morgan fingerprint density at radius 3 is 2.38 bits per heavy atom. The quantitative estimate of drug-likeness (QED) is 0.819. The fourth-order valence-corrected chi connectivity index (χ4v) is 1.31. The van der Waals surface area contributed by atoms with Crippen LogP contribution in [0.25, 0.3) is 0 Å². The van der Waals surface area contributed by atoms with Crippen LogP contribution >= 0.6 is 15.9 Å². The van der Waals surface area contributed by atoms with Crippen molar-refractivity contribution in [1.29, 1.82) is 0 Å². The maximum Gasteiger partial charge on any atom is 0.407 e. The first-order valence-electron chi connectivity index (χ1n) is 3.49. The van der Waals surface area contributed by atoms with E-state index in [1.165, 1.54) is 18.2 Å². The van der Waals surface area contributed by atoms with Crippen LogP contribution < -0.4 is 5.73 Å². The monoisotopic (exact) mass is 253 g/mol. The molecule has 1 aromatic carbocycles. The molecule has 0 aromatic heterocycles. The molecule has 13 heavy (non-hydrogen) atoms. The number of nitrogens with two attached hydrogens (primary N) is 1. The Morgan fingerprint density at radius 2 is 1.92 bits per heavy atom. The zero-order valence-corrected chi connectivity index (χ0v) is 8.06. The van der Waals surface area contributed by atoms with Crippen LogP contribution in [0.15, 0.2) is 28.7 Å². The highest BCUT2D eigenvalue weighted by molar-refractivity contribution is 9.10. The second kappa shape index (κ2) is 3.67. The Morgan fingerprint density at radius 1 is 1.31 bits per heavy atom. The smallest absolute Gasteiger partial charge is 0.316 e. The lowest BCUT2D eigenvalue weighted by Gasteiger charge is -2.15. The van der Waals surface area contributed by atoms with Gasteiger partial charge >= 0.3 is 6.18 Å². The summed E-state index contributed by atoms with van der Waals surface area (Å²) in [5.74, 6) is 0. The third-order valence-electron chi connectivity index (χ3n) is 1.56. The lowest BCUT2D eigenvalue weighted by Crippen LogP contribution is -2.28. The Hall–Kier alpha value is -0.550. The molecule has 5 heteroatoms. The number of benzene rings is 1. The zero-order chi connectivity index (χ0) is 10.1. The summed E-state index contributed by atoms with van der Waals surface area (Å²) < 4.78 is 37.0. The molecular weight excluding hydrogens is 247 g/mol. The second-order valence-corrected chi connectivity index (χ2v) is 3.49. The Kier molecular flexibility index (Phi) is 2.98. The molecular formula is C8H7BrF3N. The molecule has 0 saturated heterocycles. The van der Waals surface area contributed by atoms with E-state index in [0.717, 1.165) is 0 Å². The normalized spacial score (nSPS) is 14.2. The predicted molar refractivity (Wildman–Crippen MR) is 47.1 cm³/mol. The van der Waals surface area contributed by atoms with E-state index in [9.17, 15) is 13.2 Å². The maximum atomic E-state index is 12.1. The average molecular weight is 254 g/mol. The van der Waals surface area contributed by atoms with E-state index in [1.54, 1.807) is 6.07 Å². The van der Waals surface area contributed by atoms with Crippen LogP contribution in [0.1, 0.15) is 11.6 Å². The van der Waals surface area contributed by atoms with Crippen molar-refractivity contribution >= 4 is 15.9 Å². The lowest BCUT2D eigenvalue weighted by molar-refractivity contribution is -0.149. The van der Waals surface area contributed by atoms with Crippen LogP contribution in [0.5, 0.6) is 0 Å². The van der Waals surface area contributed by atoms with E-state index in [0.29, 0.717) is 4.47 Å². The molecule has 0 amide bonds. The molecule has 1 aromatic rings. The summed E-state index contributed by atoms with van der Waals surface area (Å²) in [6.07, 6.45) is -4.39. The highest BCUT2D eigenvalue weighted by atomic mass is 79.9. The first kappa shape index (κ1) is 10.5. The number of halogens is 4. The van der Waals surface area contributed by atoms with Gasteiger partial charge in [-0.05, 0) is 17.7 Å². The molecule has 0 bridgehead atoms. The van der Waals surface area contributed by atoms with E-state index in [-0.39, 0.29) is 5.56 Å². The predicted octanol–water partition coefficient (Wildman–Crippen LogP) is 3.01. The molecule has 1 nitrogen and oxygen atoms in total. The minimum atomic E-state index is -4.39. The van der Waals surface area contributed by atoms with Crippen LogP contribution in [0, 0.1) is 0 Å². The van der Waals surface area contributed by atoms with Gasteiger partial charge in [0.2, 0.25) is 0 Å². The van der Waals surface area contributed by atoms with Crippen LogP contribution in [0.4, 0.5) is 13.2 Å². The molecule has 0 unspecified atom stereocenters. The number of hydrogen-bond acceptors (Lipinski definition) is 1. The highest BCUT2D eigenvalue weighted by Crippen LogP contribution is 2.31. The minimum absolute atomic E-state index is 0.0573. The molecule has 0 fully saturated rings. The summed E-state index contributed by atoms with van der Waals surface area (Å²) in [5.41, 5.74) is 5.05. The maximum absolute atomic E-state index is 12.1. The molecule has 0 aliphatic rings. The summed E-state index contributed by atoms with van der Waals surface area (Å²) >= 11 is 3.07. The van der Waals surface area contributed by atoms with E-state index in [2.05, 4.69) is 15.9 Å². The van der Waals surface area contributed by atoms with Crippen molar-refractivity contribution in [3.8, 4) is 0 Å². The fraction of sp³-hybridized carbons (Fsp3) is 0.250. The van der Waals surface area contributed by atoms with Gasteiger partial charge in [0.05, 0.1) is 0 Å². The molecule has 1 atom stereocenters. The molecule has 0 saturated carbocycles. The number of hydrogen-bond donors (Lipinski definition) is 1. The Balaban J connectivity index is 2.96. The first-order chi connectivity index (χ1) is 5.91. The standard InChI is InChI=1S/C8H7BrF3N/c9-6-3-1-2-5(4-6)7(13)8(10,11)12/h1-4,7H,13H2/t7-/m0/s1. The molecule has 2 N–H and O–H groups in total. The van der Waals surface area contributed by atoms with Gasteiger partial charge in [0.15, 0.2) is 0 Å². The molecule has 0 radical (unpaired) electrons. The van der Waals surface area contributed by atoms with Crippen molar-refractivity contribution in [2.75, 3.05) is 0 Å². The van der Waals surface area contributed by atoms with Crippen LogP contribution in [-0.4, -0.2) is 6.18 Å². The first-order valence-corrected chi connectivity index (χ1v) is 4.28. The van der Waals surface area contributed by atoms with Gasteiger partial charge in [-0.3, -0.25) is 0 Å². The summed E-state index contributed by atoms with van der Waals surface area (Å²) in [5, 5.41) is 0. The van der Waals surface area contributed by atoms with Crippen molar-refractivity contribution in [2.24, 2.45) is 5.73 Å². The molecule has 72 valence electrons. The van der Waals surface area contributed by atoms with Gasteiger partial charge in [0, 0.05) is 4.47 Å². The Labute approximate surface area is 81.9 Å². The van der Waals surface area contributed by atoms with E-state index >= 15 is 0 Å². The van der Waals surface area contributed by atoms with Gasteiger partial charge in [-0.1, -0.05) is 28.1 Å². The highest BCUT2D eigenvalue weighted by Gasteiger charge is 2.37. The molecule has 0 heterocycles. The molecule has 1 rings (SSSR count). The summed E-state index contributed by atoms with van der Waals surface area (Å²) in [4.78, 5) is 0. The van der Waals surface area contributed by atoms with Crippen molar-refractivity contribution < 1.29 is 13.2 Å². The van der Waals surface area contributed by atoms with Crippen molar-refractivity contribution in [2.45, 2.75) is 12.2 Å². The lowest BCUT2D eigenvalue weighted by atomic mass is 10.1. The van der Waals surface area contributed by atoms with Crippen molar-refractivity contribution in [3.63, 3.8) is 0 Å². The van der Waals surface area contributed by atoms with E-state index < -0.39 is 12.2 Å². The summed E-state index contributed by atoms with van der Waals surface area (Å²) in [6, 6.07) is 3.96.